The molecule has 0 heterocycles. The number of nitrogens with two attached hydrogens (primary N) is 1. The highest BCUT2D eigenvalue weighted by Crippen LogP contribution is 2.20. The molecular weight excluding hydrogens is 220 g/mol. The minimum Gasteiger partial charge on any atom is -0.398 e. The van der Waals surface area contributed by atoms with E-state index in [-0.39, 0.29) is 0 Å². The van der Waals surface area contributed by atoms with Crippen LogP contribution in [0.1, 0.15) is 32.8 Å². The van der Waals surface area contributed by atoms with Crippen LogP contribution in [0.3, 0.4) is 0 Å². The fourth-order valence-electron chi connectivity index (χ4n) is 1.73. The summed E-state index contributed by atoms with van der Waals surface area (Å²) < 4.78 is 0. The number of hydrogen-bond donors (Lipinski definition) is 1. The molecule has 1 aromatic carbocycles. The Morgan fingerprint density at radius 2 is 2.06 bits per heavy atom. The third kappa shape index (κ3) is 3.69. The Morgan fingerprint density at radius 3 is 2.56 bits per heavy atom. The van der Waals surface area contributed by atoms with Crippen LogP contribution >= 0.6 is 11.6 Å². The minimum absolute atomic E-state index is 0.553. The highest BCUT2D eigenvalue weighted by molar-refractivity contribution is 6.33. The summed E-state index contributed by atoms with van der Waals surface area (Å²) in [6.45, 7) is 8.68. The van der Waals surface area contributed by atoms with Gasteiger partial charge in [-0.3, -0.25) is 4.90 Å². The molecule has 2 N–H and O–H groups in total. The van der Waals surface area contributed by atoms with E-state index in [0.717, 1.165) is 13.1 Å². The molecule has 0 radical (unpaired) electrons. The normalized spacial score (nSPS) is 11.4. The van der Waals surface area contributed by atoms with E-state index < -0.39 is 0 Å². The summed E-state index contributed by atoms with van der Waals surface area (Å²) in [7, 11) is 0. The van der Waals surface area contributed by atoms with Crippen LogP contribution in [0.5, 0.6) is 0 Å². The Hall–Kier alpha value is -0.730. The van der Waals surface area contributed by atoms with E-state index in [4.69, 9.17) is 17.3 Å². The van der Waals surface area contributed by atoms with Crippen LogP contribution in [0.4, 0.5) is 5.69 Å². The van der Waals surface area contributed by atoms with Gasteiger partial charge < -0.3 is 5.73 Å². The number of halogens is 1. The van der Waals surface area contributed by atoms with Crippen molar-refractivity contribution in [3.05, 3.63) is 28.8 Å². The van der Waals surface area contributed by atoms with Crippen molar-refractivity contribution in [2.45, 2.75) is 39.8 Å². The van der Waals surface area contributed by atoms with Gasteiger partial charge in [0.25, 0.3) is 0 Å². The molecule has 0 spiro atoms. The summed E-state index contributed by atoms with van der Waals surface area (Å²) in [6, 6.07) is 6.44. The highest BCUT2D eigenvalue weighted by atomic mass is 35.5. The molecule has 0 saturated carbocycles. The predicted molar refractivity (Wildman–Crippen MR) is 71.7 cm³/mol. The van der Waals surface area contributed by atoms with Gasteiger partial charge in [0.05, 0.1) is 10.7 Å². The van der Waals surface area contributed by atoms with Crippen molar-refractivity contribution in [1.82, 2.24) is 4.90 Å². The third-order valence-corrected chi connectivity index (χ3v) is 3.03. The molecule has 16 heavy (non-hydrogen) atoms. The molecular formula is C13H21ClN2. The van der Waals surface area contributed by atoms with Crippen LogP contribution in [0, 0.1) is 0 Å². The van der Waals surface area contributed by atoms with Crippen molar-refractivity contribution in [3.63, 3.8) is 0 Å². The van der Waals surface area contributed by atoms with Crippen molar-refractivity contribution in [2.75, 3.05) is 12.3 Å². The fourth-order valence-corrected chi connectivity index (χ4v) is 1.85. The molecule has 0 bridgehead atoms. The molecule has 0 aliphatic heterocycles. The standard InChI is InChI=1S/C13H21ClN2/c1-4-7-16(10(2)3)9-11-5-6-12(14)13(15)8-11/h5-6,8,10H,4,7,9,15H2,1-3H3. The smallest absolute Gasteiger partial charge is 0.0635 e. The zero-order valence-corrected chi connectivity index (χ0v) is 11.1. The van der Waals surface area contributed by atoms with Crippen LogP contribution in [0.25, 0.3) is 0 Å². The lowest BCUT2D eigenvalue weighted by molar-refractivity contribution is 0.213. The number of nitrogens with zero attached hydrogens (tertiary/aromatic N) is 1. The summed E-state index contributed by atoms with van der Waals surface area (Å²) in [6.07, 6.45) is 1.17. The summed E-state index contributed by atoms with van der Waals surface area (Å²) in [5.41, 5.74) is 7.69. The molecule has 3 heteroatoms. The first-order valence-electron chi connectivity index (χ1n) is 5.82. The lowest BCUT2D eigenvalue weighted by atomic mass is 10.1. The maximum absolute atomic E-state index is 5.90. The van der Waals surface area contributed by atoms with Crippen LogP contribution in [-0.2, 0) is 6.54 Å². The SMILES string of the molecule is CCCN(Cc1ccc(Cl)c(N)c1)C(C)C. The molecule has 0 aliphatic carbocycles. The maximum atomic E-state index is 5.90. The van der Waals surface area contributed by atoms with E-state index in [2.05, 4.69) is 25.7 Å². The van der Waals surface area contributed by atoms with Gasteiger partial charge >= 0.3 is 0 Å². The van der Waals surface area contributed by atoms with Gasteiger partial charge in [0.1, 0.15) is 0 Å². The topological polar surface area (TPSA) is 29.3 Å². The average molecular weight is 241 g/mol. The lowest BCUT2D eigenvalue weighted by Gasteiger charge is -2.26. The summed E-state index contributed by atoms with van der Waals surface area (Å²) in [5.74, 6) is 0. The molecule has 0 amide bonds. The summed E-state index contributed by atoms with van der Waals surface area (Å²) in [4.78, 5) is 2.43. The Bertz CT molecular complexity index is 337. The van der Waals surface area contributed by atoms with Crippen molar-refractivity contribution < 1.29 is 0 Å². The Balaban J connectivity index is 2.73. The molecule has 0 fully saturated rings. The molecule has 0 saturated heterocycles. The van der Waals surface area contributed by atoms with Gasteiger partial charge in [0, 0.05) is 12.6 Å². The van der Waals surface area contributed by atoms with Gasteiger partial charge in [0.15, 0.2) is 0 Å². The Labute approximate surface area is 103 Å². The van der Waals surface area contributed by atoms with Crippen molar-refractivity contribution >= 4 is 17.3 Å². The number of benzene rings is 1. The van der Waals surface area contributed by atoms with Crippen LogP contribution < -0.4 is 5.73 Å². The van der Waals surface area contributed by atoms with E-state index >= 15 is 0 Å². The molecule has 1 rings (SSSR count). The quantitative estimate of drug-likeness (QED) is 0.798. The first kappa shape index (κ1) is 13.3. The van der Waals surface area contributed by atoms with Gasteiger partial charge in [-0.15, -0.1) is 0 Å². The van der Waals surface area contributed by atoms with Gasteiger partial charge in [-0.25, -0.2) is 0 Å². The molecule has 2 nitrogen and oxygen atoms in total. The summed E-state index contributed by atoms with van der Waals surface area (Å²) >= 11 is 5.90. The van der Waals surface area contributed by atoms with Crippen LogP contribution in [0.2, 0.25) is 5.02 Å². The van der Waals surface area contributed by atoms with E-state index in [9.17, 15) is 0 Å². The second kappa shape index (κ2) is 6.12. The minimum atomic E-state index is 0.553. The van der Waals surface area contributed by atoms with Crippen molar-refractivity contribution in [1.29, 1.82) is 0 Å². The second-order valence-corrected chi connectivity index (χ2v) is 4.83. The van der Waals surface area contributed by atoms with Gasteiger partial charge in [-0.2, -0.15) is 0 Å². The third-order valence-electron chi connectivity index (χ3n) is 2.69. The first-order chi connectivity index (χ1) is 7.54. The van der Waals surface area contributed by atoms with Crippen molar-refractivity contribution in [2.24, 2.45) is 0 Å². The lowest BCUT2D eigenvalue weighted by Crippen LogP contribution is -2.31. The number of hydrogen-bond acceptors (Lipinski definition) is 2. The zero-order valence-electron chi connectivity index (χ0n) is 10.3. The zero-order chi connectivity index (χ0) is 12.1. The number of nitrogen functional groups attached to an aromatic ring is 1. The Morgan fingerprint density at radius 1 is 1.38 bits per heavy atom. The van der Waals surface area contributed by atoms with E-state index in [1.54, 1.807) is 0 Å². The van der Waals surface area contributed by atoms with Crippen LogP contribution in [0.15, 0.2) is 18.2 Å². The summed E-state index contributed by atoms with van der Waals surface area (Å²) in [5, 5.41) is 0.635. The Kier molecular flexibility index (Phi) is 5.10. The second-order valence-electron chi connectivity index (χ2n) is 4.42. The van der Waals surface area contributed by atoms with E-state index in [1.807, 2.05) is 18.2 Å². The molecule has 0 atom stereocenters. The molecule has 0 unspecified atom stereocenters. The van der Waals surface area contributed by atoms with Crippen LogP contribution in [-0.4, -0.2) is 17.5 Å². The molecule has 0 aliphatic rings. The van der Waals surface area contributed by atoms with Gasteiger partial charge in [-0.05, 0) is 44.5 Å². The van der Waals surface area contributed by atoms with E-state index in [1.165, 1.54) is 12.0 Å². The monoisotopic (exact) mass is 240 g/mol. The number of rotatable bonds is 5. The largest absolute Gasteiger partial charge is 0.398 e. The average Bonchev–Trinajstić information content (AvgIpc) is 2.22. The van der Waals surface area contributed by atoms with E-state index in [0.29, 0.717) is 16.8 Å². The van der Waals surface area contributed by atoms with Crippen molar-refractivity contribution in [3.8, 4) is 0 Å². The predicted octanol–water partition coefficient (Wildman–Crippen LogP) is 3.54. The van der Waals surface area contributed by atoms with Gasteiger partial charge in [-0.1, -0.05) is 24.6 Å². The first-order valence-corrected chi connectivity index (χ1v) is 6.20. The number of anilines is 1. The fraction of sp³-hybridized carbons (Fsp3) is 0.538. The maximum Gasteiger partial charge on any atom is 0.0635 e. The molecule has 1 aromatic rings. The van der Waals surface area contributed by atoms with Gasteiger partial charge in [0.2, 0.25) is 0 Å². The highest BCUT2D eigenvalue weighted by Gasteiger charge is 2.09. The molecule has 0 aromatic heterocycles. The molecule has 90 valence electrons.